The van der Waals surface area contributed by atoms with Gasteiger partial charge in [0.2, 0.25) is 5.89 Å². The molecule has 0 bridgehead atoms. The first-order chi connectivity index (χ1) is 13.2. The number of benzene rings is 2. The van der Waals surface area contributed by atoms with Gasteiger partial charge in [0.25, 0.3) is 0 Å². The number of ketones is 1. The second kappa shape index (κ2) is 7.25. The molecule has 0 aliphatic rings. The van der Waals surface area contributed by atoms with E-state index in [0.717, 1.165) is 11.3 Å². The zero-order valence-electron chi connectivity index (χ0n) is 14.6. The molecule has 132 valence electrons. The predicted molar refractivity (Wildman–Crippen MR) is 103 cm³/mol. The largest absolute Gasteiger partial charge is 0.497 e. The summed E-state index contributed by atoms with van der Waals surface area (Å²) in [7, 11) is 1.61. The lowest BCUT2D eigenvalue weighted by Crippen LogP contribution is -2.03. The molecule has 2 aromatic heterocycles. The zero-order valence-corrected chi connectivity index (χ0v) is 14.6. The van der Waals surface area contributed by atoms with Gasteiger partial charge in [0.05, 0.1) is 12.7 Å². The predicted octanol–water partition coefficient (Wildman–Crippen LogP) is 4.65. The van der Waals surface area contributed by atoms with Crippen LogP contribution in [0.3, 0.4) is 0 Å². The first-order valence-electron chi connectivity index (χ1n) is 8.41. The van der Waals surface area contributed by atoms with Crippen molar-refractivity contribution in [3.63, 3.8) is 0 Å². The summed E-state index contributed by atoms with van der Waals surface area (Å²) in [5.74, 6) is 0.820. The molecule has 0 fully saturated rings. The highest BCUT2D eigenvalue weighted by Crippen LogP contribution is 2.26. The summed E-state index contributed by atoms with van der Waals surface area (Å²) < 4.78 is 11.0. The van der Waals surface area contributed by atoms with Crippen LogP contribution in [0, 0.1) is 0 Å². The number of Topliss-reactive ketones (excluding diaryl/α,β-unsaturated/α-hetero) is 1. The molecule has 0 saturated heterocycles. The monoisotopic (exact) mass is 356 g/mol. The third kappa shape index (κ3) is 3.48. The van der Waals surface area contributed by atoms with E-state index in [4.69, 9.17) is 9.15 Å². The van der Waals surface area contributed by atoms with E-state index in [9.17, 15) is 4.79 Å². The molecule has 2 heterocycles. The van der Waals surface area contributed by atoms with E-state index >= 15 is 0 Å². The van der Waals surface area contributed by atoms with Crippen LogP contribution in [0.2, 0.25) is 0 Å². The van der Waals surface area contributed by atoms with Crippen LogP contribution in [0.4, 0.5) is 0 Å². The molecule has 0 amide bonds. The summed E-state index contributed by atoms with van der Waals surface area (Å²) in [5.41, 5.74) is 3.01. The third-order valence-corrected chi connectivity index (χ3v) is 4.12. The van der Waals surface area contributed by atoms with E-state index < -0.39 is 0 Å². The molecule has 0 N–H and O–H groups in total. The van der Waals surface area contributed by atoms with Gasteiger partial charge >= 0.3 is 0 Å². The summed E-state index contributed by atoms with van der Waals surface area (Å²) in [6.07, 6.45) is 4.93. The summed E-state index contributed by atoms with van der Waals surface area (Å²) in [6, 6.07) is 18.3. The highest BCUT2D eigenvalue weighted by molar-refractivity contribution is 6.31. The van der Waals surface area contributed by atoms with Crippen molar-refractivity contribution in [2.45, 2.75) is 0 Å². The van der Waals surface area contributed by atoms with Crippen molar-refractivity contribution in [3.8, 4) is 5.75 Å². The number of aromatic nitrogens is 2. The Morgan fingerprint density at radius 3 is 2.56 bits per heavy atom. The van der Waals surface area contributed by atoms with E-state index in [-0.39, 0.29) is 11.7 Å². The van der Waals surface area contributed by atoms with E-state index in [1.807, 2.05) is 48.5 Å². The molecule has 0 aliphatic heterocycles. The van der Waals surface area contributed by atoms with Crippen LogP contribution < -0.4 is 4.74 Å². The van der Waals surface area contributed by atoms with E-state index in [1.54, 1.807) is 31.5 Å². The van der Waals surface area contributed by atoms with Crippen molar-refractivity contribution in [2.75, 3.05) is 7.11 Å². The Hall–Kier alpha value is -3.73. The van der Waals surface area contributed by atoms with Gasteiger partial charge in [-0.1, -0.05) is 24.3 Å². The number of rotatable bonds is 5. The Bertz CT molecular complexity index is 1080. The van der Waals surface area contributed by atoms with Crippen LogP contribution in [-0.4, -0.2) is 22.9 Å². The van der Waals surface area contributed by atoms with Gasteiger partial charge in [0.1, 0.15) is 11.3 Å². The van der Waals surface area contributed by atoms with Crippen molar-refractivity contribution in [2.24, 2.45) is 0 Å². The second-order valence-corrected chi connectivity index (χ2v) is 5.89. The minimum Gasteiger partial charge on any atom is -0.497 e. The summed E-state index contributed by atoms with van der Waals surface area (Å²) in [6.45, 7) is 0. The molecular formula is C22H16N2O3. The number of oxazole rings is 1. The number of ether oxygens (including phenoxy) is 1. The number of carbonyl (C=O) groups excluding carboxylic acids is 1. The lowest BCUT2D eigenvalue weighted by Gasteiger charge is -2.04. The van der Waals surface area contributed by atoms with Crippen LogP contribution >= 0.6 is 0 Å². The van der Waals surface area contributed by atoms with Crippen molar-refractivity contribution < 1.29 is 13.9 Å². The molecular weight excluding hydrogens is 340 g/mol. The molecule has 0 radical (unpaired) electrons. The van der Waals surface area contributed by atoms with Crippen LogP contribution in [0.1, 0.15) is 21.8 Å². The first-order valence-corrected chi connectivity index (χ1v) is 8.41. The van der Waals surface area contributed by atoms with Gasteiger partial charge in [0, 0.05) is 18.0 Å². The van der Waals surface area contributed by atoms with E-state index in [0.29, 0.717) is 22.2 Å². The molecule has 5 nitrogen and oxygen atoms in total. The number of methoxy groups -OCH3 is 1. The Morgan fingerprint density at radius 1 is 1.04 bits per heavy atom. The van der Waals surface area contributed by atoms with Crippen molar-refractivity contribution in [1.82, 2.24) is 9.97 Å². The topological polar surface area (TPSA) is 65.2 Å². The fourth-order valence-electron chi connectivity index (χ4n) is 2.73. The quantitative estimate of drug-likeness (QED) is 0.384. The molecule has 0 spiro atoms. The highest BCUT2D eigenvalue weighted by atomic mass is 16.5. The Morgan fingerprint density at radius 2 is 1.85 bits per heavy atom. The number of hydrogen-bond acceptors (Lipinski definition) is 5. The Balaban J connectivity index is 1.83. The molecule has 0 atom stereocenters. The third-order valence-electron chi connectivity index (χ3n) is 4.12. The molecule has 0 unspecified atom stereocenters. The second-order valence-electron chi connectivity index (χ2n) is 5.89. The van der Waals surface area contributed by atoms with Gasteiger partial charge in [-0.2, -0.15) is 0 Å². The average Bonchev–Trinajstić information content (AvgIpc) is 3.16. The fraction of sp³-hybridized carbons (Fsp3) is 0.0455. The molecule has 4 rings (SSSR count). The number of fused-ring (bicyclic) bond motifs is 1. The first kappa shape index (κ1) is 16.7. The van der Waals surface area contributed by atoms with Gasteiger partial charge in [-0.05, 0) is 48.0 Å². The maximum atomic E-state index is 13.1. The molecule has 27 heavy (non-hydrogen) atoms. The highest BCUT2D eigenvalue weighted by Gasteiger charge is 2.20. The normalized spacial score (nSPS) is 11.5. The van der Waals surface area contributed by atoms with E-state index in [1.165, 1.54) is 6.20 Å². The summed E-state index contributed by atoms with van der Waals surface area (Å²) >= 11 is 0. The fourth-order valence-corrected chi connectivity index (χ4v) is 2.73. The number of hydrogen-bond donors (Lipinski definition) is 0. The van der Waals surface area contributed by atoms with Crippen LogP contribution in [0.5, 0.6) is 5.75 Å². The van der Waals surface area contributed by atoms with Gasteiger partial charge < -0.3 is 9.15 Å². The Kier molecular flexibility index (Phi) is 4.49. The number of nitrogens with zero attached hydrogens (tertiary/aromatic N) is 2. The number of allylic oxidation sites excluding steroid dienone is 1. The molecule has 4 aromatic rings. The van der Waals surface area contributed by atoms with Gasteiger partial charge in [-0.15, -0.1) is 0 Å². The molecule has 2 aromatic carbocycles. The van der Waals surface area contributed by atoms with Crippen LogP contribution in [-0.2, 0) is 0 Å². The van der Waals surface area contributed by atoms with E-state index in [2.05, 4.69) is 9.97 Å². The molecule has 0 saturated carbocycles. The summed E-state index contributed by atoms with van der Waals surface area (Å²) in [5, 5.41) is 0. The minimum absolute atomic E-state index is 0.203. The Labute approximate surface area is 156 Å². The number of pyridine rings is 1. The van der Waals surface area contributed by atoms with Crippen molar-refractivity contribution in [1.29, 1.82) is 0 Å². The van der Waals surface area contributed by atoms with Gasteiger partial charge in [-0.25, -0.2) is 4.98 Å². The lowest BCUT2D eigenvalue weighted by atomic mass is 10.0. The smallest absolute Gasteiger partial charge is 0.231 e. The number of carbonyl (C=O) groups is 1. The average molecular weight is 356 g/mol. The van der Waals surface area contributed by atoms with Crippen LogP contribution in [0.15, 0.2) is 77.5 Å². The maximum absolute atomic E-state index is 13.1. The minimum atomic E-state index is -0.203. The van der Waals surface area contributed by atoms with Crippen LogP contribution in [0.25, 0.3) is 22.7 Å². The SMILES string of the molecule is COc1ccc(C=C(C(=O)c2cccnc2)c2nc3ccccc3o2)cc1. The lowest BCUT2D eigenvalue weighted by molar-refractivity contribution is 0.105. The van der Waals surface area contributed by atoms with Crippen molar-refractivity contribution in [3.05, 3.63) is 90.1 Å². The zero-order chi connectivity index (χ0) is 18.6. The van der Waals surface area contributed by atoms with Gasteiger partial charge in [-0.3, -0.25) is 9.78 Å². The standard InChI is InChI=1S/C22H16N2O3/c1-26-17-10-8-15(9-11-17)13-18(21(25)16-5-4-12-23-14-16)22-24-19-6-2-3-7-20(19)27-22/h2-14H,1H3. The number of para-hydroxylation sites is 2. The van der Waals surface area contributed by atoms with Crippen molar-refractivity contribution >= 4 is 28.5 Å². The van der Waals surface area contributed by atoms with Gasteiger partial charge in [0.15, 0.2) is 11.4 Å². The summed E-state index contributed by atoms with van der Waals surface area (Å²) in [4.78, 5) is 21.6. The molecule has 0 aliphatic carbocycles. The maximum Gasteiger partial charge on any atom is 0.231 e. The molecule has 5 heteroatoms.